The summed E-state index contributed by atoms with van der Waals surface area (Å²) in [5, 5.41) is 9.10. The number of aryl methyl sites for hydroxylation is 1. The molecule has 0 spiro atoms. The van der Waals surface area contributed by atoms with E-state index >= 15 is 0 Å². The Hall–Kier alpha value is -3.48. The molecule has 0 aliphatic rings. The first kappa shape index (κ1) is 19.8. The van der Waals surface area contributed by atoms with Gasteiger partial charge in [-0.3, -0.25) is 9.36 Å². The molecule has 30 heavy (non-hydrogen) atoms. The van der Waals surface area contributed by atoms with Gasteiger partial charge in [0.05, 0.1) is 22.9 Å². The zero-order valence-corrected chi connectivity index (χ0v) is 17.1. The molecule has 0 saturated carbocycles. The largest absolute Gasteiger partial charge is 0.392 e. The van der Waals surface area contributed by atoms with Crippen LogP contribution in [-0.4, -0.2) is 20.4 Å². The smallest absolute Gasteiger partial charge is 0.330 e. The van der Waals surface area contributed by atoms with Crippen LogP contribution in [0.3, 0.4) is 0 Å². The molecule has 2 heterocycles. The SMILES string of the molecule is Cc1ccc(-c2cn(-c3cccc(C(=O)/C=C/c4ccc(CO)cc4)c3)c(=O)[nH]2)s1. The fourth-order valence-corrected chi connectivity index (χ4v) is 3.94. The number of thiophene rings is 1. The molecule has 0 fully saturated rings. The first-order valence-electron chi connectivity index (χ1n) is 9.44. The number of carbonyl (C=O) groups excluding carboxylic acids is 1. The van der Waals surface area contributed by atoms with Gasteiger partial charge in [0.2, 0.25) is 0 Å². The molecular weight excluding hydrogens is 396 g/mol. The maximum Gasteiger partial charge on any atom is 0.330 e. The van der Waals surface area contributed by atoms with Gasteiger partial charge in [-0.25, -0.2) is 4.79 Å². The molecular formula is C24H20N2O3S. The second-order valence-electron chi connectivity index (χ2n) is 6.90. The van der Waals surface area contributed by atoms with Gasteiger partial charge in [-0.05, 0) is 48.4 Å². The topological polar surface area (TPSA) is 75.1 Å². The molecule has 0 saturated heterocycles. The molecule has 0 amide bonds. The van der Waals surface area contributed by atoms with Gasteiger partial charge in [0.25, 0.3) is 0 Å². The van der Waals surface area contributed by atoms with Crippen LogP contribution in [0.1, 0.15) is 26.4 Å². The van der Waals surface area contributed by atoms with Crippen LogP contribution < -0.4 is 5.69 Å². The molecule has 0 unspecified atom stereocenters. The van der Waals surface area contributed by atoms with Gasteiger partial charge in [0.1, 0.15) is 0 Å². The number of aliphatic hydroxyl groups excluding tert-OH is 1. The first-order valence-corrected chi connectivity index (χ1v) is 10.3. The van der Waals surface area contributed by atoms with E-state index in [4.69, 9.17) is 5.11 Å². The van der Waals surface area contributed by atoms with Crippen molar-refractivity contribution in [2.24, 2.45) is 0 Å². The Balaban J connectivity index is 1.58. The number of H-pyrrole nitrogens is 1. The lowest BCUT2D eigenvalue weighted by Crippen LogP contribution is -2.14. The van der Waals surface area contributed by atoms with Crippen LogP contribution in [0.2, 0.25) is 0 Å². The van der Waals surface area contributed by atoms with E-state index in [1.54, 1.807) is 47.9 Å². The van der Waals surface area contributed by atoms with Crippen molar-refractivity contribution in [1.82, 2.24) is 9.55 Å². The summed E-state index contributed by atoms with van der Waals surface area (Å²) in [6, 6.07) is 18.3. The molecule has 2 aromatic heterocycles. The molecule has 2 N–H and O–H groups in total. The Morgan fingerprint density at radius 2 is 1.93 bits per heavy atom. The Bertz CT molecular complexity index is 1280. The maximum absolute atomic E-state index is 12.6. The minimum Gasteiger partial charge on any atom is -0.392 e. The highest BCUT2D eigenvalue weighted by molar-refractivity contribution is 7.15. The number of ketones is 1. The first-order chi connectivity index (χ1) is 14.5. The number of aromatic nitrogens is 2. The highest BCUT2D eigenvalue weighted by Gasteiger charge is 2.10. The number of hydrogen-bond acceptors (Lipinski definition) is 4. The third-order valence-electron chi connectivity index (χ3n) is 4.72. The van der Waals surface area contributed by atoms with E-state index in [2.05, 4.69) is 4.98 Å². The second-order valence-corrected chi connectivity index (χ2v) is 8.19. The van der Waals surface area contributed by atoms with Crippen LogP contribution in [0.15, 0.2) is 77.7 Å². The van der Waals surface area contributed by atoms with E-state index in [-0.39, 0.29) is 18.1 Å². The van der Waals surface area contributed by atoms with Crippen molar-refractivity contribution in [3.63, 3.8) is 0 Å². The lowest BCUT2D eigenvalue weighted by Gasteiger charge is -2.03. The number of imidazole rings is 1. The van der Waals surface area contributed by atoms with E-state index in [9.17, 15) is 9.59 Å². The predicted molar refractivity (Wildman–Crippen MR) is 120 cm³/mol. The molecule has 0 radical (unpaired) electrons. The van der Waals surface area contributed by atoms with Crippen LogP contribution in [0.5, 0.6) is 0 Å². The summed E-state index contributed by atoms with van der Waals surface area (Å²) >= 11 is 1.61. The van der Waals surface area contributed by atoms with Gasteiger partial charge >= 0.3 is 5.69 Å². The van der Waals surface area contributed by atoms with Gasteiger partial charge in [-0.15, -0.1) is 11.3 Å². The number of allylic oxidation sites excluding steroid dienone is 1. The molecule has 0 aliphatic heterocycles. The van der Waals surface area contributed by atoms with Gasteiger partial charge in [-0.2, -0.15) is 0 Å². The molecule has 5 nitrogen and oxygen atoms in total. The van der Waals surface area contributed by atoms with E-state index in [0.29, 0.717) is 11.3 Å². The predicted octanol–water partition coefficient (Wildman–Crippen LogP) is 4.59. The normalized spacial score (nSPS) is 11.3. The van der Waals surface area contributed by atoms with Crippen molar-refractivity contribution in [3.8, 4) is 16.3 Å². The van der Waals surface area contributed by atoms with E-state index in [1.165, 1.54) is 15.5 Å². The van der Waals surface area contributed by atoms with Gasteiger partial charge in [-0.1, -0.05) is 42.5 Å². The lowest BCUT2D eigenvalue weighted by atomic mass is 10.1. The molecule has 6 heteroatoms. The maximum atomic E-state index is 12.6. The number of carbonyl (C=O) groups is 1. The third-order valence-corrected chi connectivity index (χ3v) is 5.76. The highest BCUT2D eigenvalue weighted by Crippen LogP contribution is 2.26. The Labute approximate surface area is 177 Å². The Morgan fingerprint density at radius 3 is 2.63 bits per heavy atom. The summed E-state index contributed by atoms with van der Waals surface area (Å²) in [7, 11) is 0. The fraction of sp³-hybridized carbons (Fsp3) is 0.0833. The van der Waals surface area contributed by atoms with E-state index < -0.39 is 0 Å². The summed E-state index contributed by atoms with van der Waals surface area (Å²) in [6.07, 6.45) is 5.00. The van der Waals surface area contributed by atoms with Gasteiger partial charge in [0.15, 0.2) is 5.78 Å². The molecule has 0 aliphatic carbocycles. The minimum absolute atomic E-state index is 0.0119. The standard InChI is InChI=1S/C24H20N2O3S/c1-16-5-12-23(30-16)21-14-26(24(29)25-21)20-4-2-3-19(13-20)22(28)11-10-17-6-8-18(15-27)9-7-17/h2-14,27H,15H2,1H3,(H,25,29)/b11-10+. The van der Waals surface area contributed by atoms with Crippen LogP contribution in [0, 0.1) is 6.92 Å². The summed E-state index contributed by atoms with van der Waals surface area (Å²) in [6.45, 7) is 2.01. The Kier molecular flexibility index (Phi) is 5.61. The number of nitrogens with zero attached hydrogens (tertiary/aromatic N) is 1. The summed E-state index contributed by atoms with van der Waals surface area (Å²) < 4.78 is 1.51. The zero-order valence-electron chi connectivity index (χ0n) is 16.3. The van der Waals surface area contributed by atoms with Crippen LogP contribution in [0.4, 0.5) is 0 Å². The number of hydrogen-bond donors (Lipinski definition) is 2. The van der Waals surface area contributed by atoms with Gasteiger partial charge in [0, 0.05) is 16.6 Å². The molecule has 150 valence electrons. The molecule has 4 rings (SSSR count). The van der Waals surface area contributed by atoms with Crippen molar-refractivity contribution in [2.75, 3.05) is 0 Å². The summed E-state index contributed by atoms with van der Waals surface area (Å²) in [4.78, 5) is 30.1. The third kappa shape index (κ3) is 4.25. The fourth-order valence-electron chi connectivity index (χ4n) is 3.10. The highest BCUT2D eigenvalue weighted by atomic mass is 32.1. The molecule has 4 aromatic rings. The second kappa shape index (κ2) is 8.49. The minimum atomic E-state index is -0.250. The van der Waals surface area contributed by atoms with E-state index in [1.807, 2.05) is 43.3 Å². The molecule has 0 bridgehead atoms. The number of aromatic amines is 1. The van der Waals surface area contributed by atoms with Crippen molar-refractivity contribution in [1.29, 1.82) is 0 Å². The van der Waals surface area contributed by atoms with E-state index in [0.717, 1.165) is 21.7 Å². The van der Waals surface area contributed by atoms with Crippen LogP contribution >= 0.6 is 11.3 Å². The Morgan fingerprint density at radius 1 is 1.13 bits per heavy atom. The number of benzene rings is 2. The molecule has 2 aromatic carbocycles. The lowest BCUT2D eigenvalue weighted by molar-refractivity contribution is 0.104. The number of aliphatic hydroxyl groups is 1. The average molecular weight is 417 g/mol. The van der Waals surface area contributed by atoms with Gasteiger partial charge < -0.3 is 10.1 Å². The van der Waals surface area contributed by atoms with Crippen molar-refractivity contribution >= 4 is 23.2 Å². The zero-order chi connectivity index (χ0) is 21.1. The van der Waals surface area contributed by atoms with Crippen molar-refractivity contribution in [2.45, 2.75) is 13.5 Å². The summed E-state index contributed by atoms with van der Waals surface area (Å²) in [5.74, 6) is -0.152. The van der Waals surface area contributed by atoms with Crippen LogP contribution in [0.25, 0.3) is 22.3 Å². The summed E-state index contributed by atoms with van der Waals surface area (Å²) in [5.41, 5.74) is 3.32. The van der Waals surface area contributed by atoms with Crippen LogP contribution in [-0.2, 0) is 6.61 Å². The van der Waals surface area contributed by atoms with Crippen molar-refractivity contribution < 1.29 is 9.90 Å². The number of nitrogens with one attached hydrogen (secondary N) is 1. The van der Waals surface area contributed by atoms with Crippen molar-refractivity contribution in [3.05, 3.63) is 105 Å². The quantitative estimate of drug-likeness (QED) is 0.357. The monoisotopic (exact) mass is 416 g/mol. The molecule has 0 atom stereocenters. The average Bonchev–Trinajstić information content (AvgIpc) is 3.38. The number of rotatable bonds is 6.